The second kappa shape index (κ2) is 6.66. The van der Waals surface area contributed by atoms with Crippen LogP contribution >= 0.6 is 11.6 Å². The third-order valence-electron chi connectivity index (χ3n) is 4.85. The van der Waals surface area contributed by atoms with Gasteiger partial charge in [0, 0.05) is 0 Å². The fourth-order valence-corrected chi connectivity index (χ4v) is 4.03. The molecule has 3 atom stereocenters. The molecule has 0 spiro atoms. The second-order valence-electron chi connectivity index (χ2n) is 6.38. The van der Waals surface area contributed by atoms with Crippen molar-refractivity contribution in [3.63, 3.8) is 0 Å². The number of rotatable bonds is 4. The molecule has 0 amide bonds. The monoisotopic (exact) mass is 298 g/mol. The maximum atomic E-state index is 6.72. The van der Waals surface area contributed by atoms with Crippen LogP contribution in [0.2, 0.25) is 0 Å². The van der Waals surface area contributed by atoms with Crippen molar-refractivity contribution in [2.24, 2.45) is 11.8 Å². The molecule has 1 aliphatic carbocycles. The minimum absolute atomic E-state index is 0.174. The lowest BCUT2D eigenvalue weighted by Crippen LogP contribution is -2.10. The maximum absolute atomic E-state index is 6.72. The standard InChI is InChI=1S/C20H23Cl/c1-15-6-5-9-19(15)20(21)18-12-10-17(11-13-18)14-16-7-3-2-4-8-16/h2-4,7-8,10-13,15,19-20H,5-6,9,14H2,1H3. The molecule has 0 radical (unpaired) electrons. The van der Waals surface area contributed by atoms with Gasteiger partial charge >= 0.3 is 0 Å². The van der Waals surface area contributed by atoms with E-state index in [1.807, 2.05) is 0 Å². The molecule has 0 N–H and O–H groups in total. The molecule has 0 bridgehead atoms. The van der Waals surface area contributed by atoms with Gasteiger partial charge in [-0.1, -0.05) is 74.4 Å². The van der Waals surface area contributed by atoms with E-state index < -0.39 is 0 Å². The largest absolute Gasteiger partial charge is 0.118 e. The highest BCUT2D eigenvalue weighted by molar-refractivity contribution is 6.21. The molecule has 1 fully saturated rings. The molecular weight excluding hydrogens is 276 g/mol. The second-order valence-corrected chi connectivity index (χ2v) is 6.85. The quantitative estimate of drug-likeness (QED) is 0.608. The lowest BCUT2D eigenvalue weighted by molar-refractivity contribution is 0.406. The lowest BCUT2D eigenvalue weighted by atomic mass is 9.90. The van der Waals surface area contributed by atoms with Crippen molar-refractivity contribution in [2.75, 3.05) is 0 Å². The van der Waals surface area contributed by atoms with Crippen LogP contribution in [0.25, 0.3) is 0 Å². The summed E-state index contributed by atoms with van der Waals surface area (Å²) in [6, 6.07) is 19.5. The molecule has 1 heteroatoms. The summed E-state index contributed by atoms with van der Waals surface area (Å²) in [5, 5.41) is 0.174. The molecular formula is C20H23Cl. The summed E-state index contributed by atoms with van der Waals surface area (Å²) < 4.78 is 0. The van der Waals surface area contributed by atoms with Gasteiger partial charge in [0.25, 0.3) is 0 Å². The van der Waals surface area contributed by atoms with E-state index in [4.69, 9.17) is 11.6 Å². The average Bonchev–Trinajstić information content (AvgIpc) is 2.94. The van der Waals surface area contributed by atoms with E-state index in [-0.39, 0.29) is 5.38 Å². The van der Waals surface area contributed by atoms with E-state index in [1.165, 1.54) is 36.0 Å². The van der Waals surface area contributed by atoms with E-state index in [0.717, 1.165) is 12.3 Å². The highest BCUT2D eigenvalue weighted by Gasteiger charge is 2.30. The third-order valence-corrected chi connectivity index (χ3v) is 5.43. The molecule has 0 nitrogen and oxygen atoms in total. The summed E-state index contributed by atoms with van der Waals surface area (Å²) in [7, 11) is 0. The molecule has 0 aromatic heterocycles. The van der Waals surface area contributed by atoms with Crippen LogP contribution in [0.15, 0.2) is 54.6 Å². The summed E-state index contributed by atoms with van der Waals surface area (Å²) in [6.07, 6.45) is 4.94. The van der Waals surface area contributed by atoms with Crippen LogP contribution in [0.5, 0.6) is 0 Å². The number of halogens is 1. The Morgan fingerprint density at radius 2 is 1.62 bits per heavy atom. The van der Waals surface area contributed by atoms with Gasteiger partial charge < -0.3 is 0 Å². The van der Waals surface area contributed by atoms with Crippen LogP contribution in [0, 0.1) is 11.8 Å². The summed E-state index contributed by atoms with van der Waals surface area (Å²) >= 11 is 6.72. The predicted octanol–water partition coefficient (Wildman–Crippen LogP) is 5.99. The molecule has 0 saturated heterocycles. The fourth-order valence-electron chi connectivity index (χ4n) is 3.51. The summed E-state index contributed by atoms with van der Waals surface area (Å²) in [5.41, 5.74) is 4.00. The average molecular weight is 299 g/mol. The van der Waals surface area contributed by atoms with Crippen molar-refractivity contribution in [3.8, 4) is 0 Å². The van der Waals surface area contributed by atoms with Crippen LogP contribution in [0.1, 0.15) is 48.3 Å². The van der Waals surface area contributed by atoms with Crippen LogP contribution in [-0.2, 0) is 6.42 Å². The number of hydrogen-bond acceptors (Lipinski definition) is 0. The number of alkyl halides is 1. The zero-order chi connectivity index (χ0) is 14.7. The molecule has 21 heavy (non-hydrogen) atoms. The van der Waals surface area contributed by atoms with E-state index in [2.05, 4.69) is 61.5 Å². The Morgan fingerprint density at radius 3 is 2.24 bits per heavy atom. The predicted molar refractivity (Wildman–Crippen MR) is 90.8 cm³/mol. The highest BCUT2D eigenvalue weighted by Crippen LogP contribution is 2.43. The maximum Gasteiger partial charge on any atom is 0.0615 e. The van der Waals surface area contributed by atoms with E-state index >= 15 is 0 Å². The molecule has 2 aromatic rings. The van der Waals surface area contributed by atoms with Crippen LogP contribution in [0.4, 0.5) is 0 Å². The van der Waals surface area contributed by atoms with Crippen molar-refractivity contribution in [1.82, 2.24) is 0 Å². The summed E-state index contributed by atoms with van der Waals surface area (Å²) in [4.78, 5) is 0. The number of hydrogen-bond donors (Lipinski definition) is 0. The Kier molecular flexibility index (Phi) is 4.65. The Balaban J connectivity index is 1.69. The molecule has 3 unspecified atom stereocenters. The molecule has 110 valence electrons. The van der Waals surface area contributed by atoms with Gasteiger partial charge in [-0.2, -0.15) is 0 Å². The molecule has 0 aliphatic heterocycles. The van der Waals surface area contributed by atoms with Crippen molar-refractivity contribution in [3.05, 3.63) is 71.3 Å². The fraction of sp³-hybridized carbons (Fsp3) is 0.400. The Morgan fingerprint density at radius 1 is 0.952 bits per heavy atom. The highest BCUT2D eigenvalue weighted by atomic mass is 35.5. The number of benzene rings is 2. The van der Waals surface area contributed by atoms with Gasteiger partial charge in [0.1, 0.15) is 0 Å². The van der Waals surface area contributed by atoms with Gasteiger partial charge in [0.05, 0.1) is 5.38 Å². The molecule has 3 rings (SSSR count). The van der Waals surface area contributed by atoms with Crippen molar-refractivity contribution in [2.45, 2.75) is 38.0 Å². The van der Waals surface area contributed by atoms with Gasteiger partial charge in [-0.05, 0) is 41.4 Å². The van der Waals surface area contributed by atoms with Crippen molar-refractivity contribution < 1.29 is 0 Å². The Hall–Kier alpha value is -1.27. The van der Waals surface area contributed by atoms with Gasteiger partial charge in [-0.3, -0.25) is 0 Å². The third kappa shape index (κ3) is 3.49. The molecule has 0 heterocycles. The Labute approximate surface area is 133 Å². The van der Waals surface area contributed by atoms with Crippen LogP contribution < -0.4 is 0 Å². The van der Waals surface area contributed by atoms with Gasteiger partial charge in [-0.15, -0.1) is 11.6 Å². The smallest absolute Gasteiger partial charge is 0.0615 e. The zero-order valence-electron chi connectivity index (χ0n) is 12.6. The van der Waals surface area contributed by atoms with Gasteiger partial charge in [0.15, 0.2) is 0 Å². The van der Waals surface area contributed by atoms with Crippen LogP contribution in [-0.4, -0.2) is 0 Å². The topological polar surface area (TPSA) is 0 Å². The first-order valence-electron chi connectivity index (χ1n) is 8.01. The summed E-state index contributed by atoms with van der Waals surface area (Å²) in [5.74, 6) is 1.41. The molecule has 2 aromatic carbocycles. The lowest BCUT2D eigenvalue weighted by Gasteiger charge is -2.22. The first-order valence-corrected chi connectivity index (χ1v) is 8.44. The first-order chi connectivity index (χ1) is 10.2. The minimum Gasteiger partial charge on any atom is -0.118 e. The zero-order valence-corrected chi connectivity index (χ0v) is 13.4. The van der Waals surface area contributed by atoms with Crippen molar-refractivity contribution >= 4 is 11.6 Å². The summed E-state index contributed by atoms with van der Waals surface area (Å²) in [6.45, 7) is 2.34. The van der Waals surface area contributed by atoms with Gasteiger partial charge in [-0.25, -0.2) is 0 Å². The molecule has 1 aliphatic rings. The normalized spacial score (nSPS) is 23.1. The van der Waals surface area contributed by atoms with Gasteiger partial charge in [0.2, 0.25) is 0 Å². The van der Waals surface area contributed by atoms with Crippen LogP contribution in [0.3, 0.4) is 0 Å². The van der Waals surface area contributed by atoms with E-state index in [0.29, 0.717) is 5.92 Å². The van der Waals surface area contributed by atoms with Crippen molar-refractivity contribution in [1.29, 1.82) is 0 Å². The molecule has 1 saturated carbocycles. The van der Waals surface area contributed by atoms with E-state index in [9.17, 15) is 0 Å². The SMILES string of the molecule is CC1CCCC1C(Cl)c1ccc(Cc2ccccc2)cc1. The van der Waals surface area contributed by atoms with E-state index in [1.54, 1.807) is 0 Å². The first kappa shape index (κ1) is 14.7. The minimum atomic E-state index is 0.174. The Bertz CT molecular complexity index is 558.